The second-order valence-corrected chi connectivity index (χ2v) is 4.62. The molecular formula is C13H17N3O. The Morgan fingerprint density at radius 2 is 1.88 bits per heavy atom. The zero-order valence-corrected chi connectivity index (χ0v) is 9.85. The molecule has 1 aliphatic rings. The molecule has 1 saturated heterocycles. The summed E-state index contributed by atoms with van der Waals surface area (Å²) in [5.41, 5.74) is 8.12. The molecule has 0 spiro atoms. The number of benzene rings is 1. The minimum atomic E-state index is 0.719. The van der Waals surface area contributed by atoms with Gasteiger partial charge in [-0.25, -0.2) is 0 Å². The minimum Gasteiger partial charge on any atom is -0.423 e. The minimum absolute atomic E-state index is 0.719. The average molecular weight is 231 g/mol. The molecule has 0 amide bonds. The van der Waals surface area contributed by atoms with Crippen molar-refractivity contribution < 1.29 is 4.42 Å². The smallest absolute Gasteiger partial charge is 0.298 e. The van der Waals surface area contributed by atoms with Gasteiger partial charge in [0.1, 0.15) is 5.52 Å². The quantitative estimate of drug-likeness (QED) is 0.767. The van der Waals surface area contributed by atoms with Gasteiger partial charge in [-0.15, -0.1) is 0 Å². The van der Waals surface area contributed by atoms with Crippen LogP contribution in [-0.2, 0) is 0 Å². The van der Waals surface area contributed by atoms with Gasteiger partial charge >= 0.3 is 0 Å². The predicted molar refractivity (Wildman–Crippen MR) is 69.1 cm³/mol. The van der Waals surface area contributed by atoms with Crippen LogP contribution in [0.5, 0.6) is 0 Å². The number of nitrogen functional groups attached to an aromatic ring is 1. The van der Waals surface area contributed by atoms with Crippen LogP contribution in [0.15, 0.2) is 22.6 Å². The van der Waals surface area contributed by atoms with Crippen molar-refractivity contribution in [2.24, 2.45) is 0 Å². The van der Waals surface area contributed by atoms with Crippen molar-refractivity contribution in [3.05, 3.63) is 18.2 Å². The normalized spacial score (nSPS) is 17.3. The maximum absolute atomic E-state index is 5.78. The van der Waals surface area contributed by atoms with Gasteiger partial charge in [0.05, 0.1) is 0 Å². The Morgan fingerprint density at radius 1 is 1.12 bits per heavy atom. The van der Waals surface area contributed by atoms with E-state index in [4.69, 9.17) is 10.2 Å². The highest BCUT2D eigenvalue weighted by Crippen LogP contribution is 2.25. The summed E-state index contributed by atoms with van der Waals surface area (Å²) in [7, 11) is 0. The van der Waals surface area contributed by atoms with E-state index in [1.807, 2.05) is 18.2 Å². The second-order valence-electron chi connectivity index (χ2n) is 4.62. The zero-order chi connectivity index (χ0) is 11.7. The number of aromatic nitrogens is 1. The number of hydrogen-bond donors (Lipinski definition) is 1. The molecule has 1 fully saturated rings. The molecule has 0 atom stereocenters. The molecule has 3 rings (SSSR count). The van der Waals surface area contributed by atoms with E-state index in [-0.39, 0.29) is 0 Å². The SMILES string of the molecule is Nc1ccc2nc(N3CCCCCC3)oc2c1. The maximum Gasteiger partial charge on any atom is 0.298 e. The van der Waals surface area contributed by atoms with Crippen LogP contribution < -0.4 is 10.6 Å². The molecule has 0 unspecified atom stereocenters. The van der Waals surface area contributed by atoms with E-state index in [9.17, 15) is 0 Å². The molecule has 4 nitrogen and oxygen atoms in total. The lowest BCUT2D eigenvalue weighted by Gasteiger charge is -2.16. The van der Waals surface area contributed by atoms with Crippen molar-refractivity contribution in [3.8, 4) is 0 Å². The van der Waals surface area contributed by atoms with Crippen LogP contribution in [0.2, 0.25) is 0 Å². The standard InChI is InChI=1S/C13H17N3O/c14-10-5-6-11-12(9-10)17-13(15-11)16-7-3-1-2-4-8-16/h5-6,9H,1-4,7-8,14H2. The molecule has 4 heteroatoms. The number of fused-ring (bicyclic) bond motifs is 1. The third-order valence-electron chi connectivity index (χ3n) is 3.28. The first-order chi connectivity index (χ1) is 8.33. The molecule has 2 aromatic rings. The Labute approximate surface area is 100 Å². The maximum atomic E-state index is 5.78. The van der Waals surface area contributed by atoms with E-state index in [2.05, 4.69) is 9.88 Å². The van der Waals surface area contributed by atoms with Gasteiger partial charge in [-0.2, -0.15) is 4.98 Å². The van der Waals surface area contributed by atoms with E-state index < -0.39 is 0 Å². The largest absolute Gasteiger partial charge is 0.423 e. The number of anilines is 2. The summed E-state index contributed by atoms with van der Waals surface area (Å²) < 4.78 is 5.78. The van der Waals surface area contributed by atoms with Gasteiger partial charge in [-0.3, -0.25) is 0 Å². The second kappa shape index (κ2) is 4.28. The molecule has 17 heavy (non-hydrogen) atoms. The van der Waals surface area contributed by atoms with Crippen molar-refractivity contribution in [1.29, 1.82) is 0 Å². The number of hydrogen-bond acceptors (Lipinski definition) is 4. The van der Waals surface area contributed by atoms with E-state index in [0.717, 1.165) is 35.9 Å². The van der Waals surface area contributed by atoms with E-state index >= 15 is 0 Å². The molecule has 2 heterocycles. The van der Waals surface area contributed by atoms with Crippen molar-refractivity contribution in [1.82, 2.24) is 4.98 Å². The Bertz CT molecular complexity index is 512. The molecule has 0 radical (unpaired) electrons. The highest BCUT2D eigenvalue weighted by molar-refractivity contribution is 5.78. The molecule has 1 aliphatic heterocycles. The van der Waals surface area contributed by atoms with E-state index in [1.54, 1.807) is 0 Å². The van der Waals surface area contributed by atoms with Crippen molar-refractivity contribution in [3.63, 3.8) is 0 Å². The predicted octanol–water partition coefficient (Wildman–Crippen LogP) is 2.79. The molecule has 0 bridgehead atoms. The first kappa shape index (κ1) is 10.4. The Balaban J connectivity index is 1.93. The van der Waals surface area contributed by atoms with Gasteiger partial charge in [0.2, 0.25) is 0 Å². The molecule has 0 saturated carbocycles. The van der Waals surface area contributed by atoms with Crippen LogP contribution >= 0.6 is 0 Å². The highest BCUT2D eigenvalue weighted by atomic mass is 16.4. The van der Waals surface area contributed by atoms with Crippen molar-refractivity contribution in [2.45, 2.75) is 25.7 Å². The van der Waals surface area contributed by atoms with Crippen molar-refractivity contribution in [2.75, 3.05) is 23.7 Å². The summed E-state index contributed by atoms with van der Waals surface area (Å²) >= 11 is 0. The fraction of sp³-hybridized carbons (Fsp3) is 0.462. The molecule has 1 aromatic carbocycles. The first-order valence-electron chi connectivity index (χ1n) is 6.24. The molecule has 1 aromatic heterocycles. The monoisotopic (exact) mass is 231 g/mol. The zero-order valence-electron chi connectivity index (χ0n) is 9.85. The molecule has 0 aliphatic carbocycles. The van der Waals surface area contributed by atoms with Gasteiger partial charge in [0.15, 0.2) is 5.58 Å². The summed E-state index contributed by atoms with van der Waals surface area (Å²) in [5.74, 6) is 0. The van der Waals surface area contributed by atoms with Crippen LogP contribution in [0.4, 0.5) is 11.7 Å². The summed E-state index contributed by atoms with van der Waals surface area (Å²) in [4.78, 5) is 6.76. The van der Waals surface area contributed by atoms with Crippen LogP contribution in [0.1, 0.15) is 25.7 Å². The van der Waals surface area contributed by atoms with Gasteiger partial charge < -0.3 is 15.1 Å². The third kappa shape index (κ3) is 2.07. The third-order valence-corrected chi connectivity index (χ3v) is 3.28. The summed E-state index contributed by atoms with van der Waals surface area (Å²) in [6.45, 7) is 2.09. The van der Waals surface area contributed by atoms with Gasteiger partial charge in [0.25, 0.3) is 6.01 Å². The van der Waals surface area contributed by atoms with Crippen LogP contribution in [0.3, 0.4) is 0 Å². The topological polar surface area (TPSA) is 55.3 Å². The molecule has 2 N–H and O–H groups in total. The van der Waals surface area contributed by atoms with E-state index in [0.29, 0.717) is 0 Å². The van der Waals surface area contributed by atoms with Gasteiger partial charge in [0, 0.05) is 24.8 Å². The summed E-state index contributed by atoms with van der Waals surface area (Å²) in [6, 6.07) is 6.35. The molecule has 90 valence electrons. The van der Waals surface area contributed by atoms with Crippen molar-refractivity contribution >= 4 is 22.8 Å². The average Bonchev–Trinajstić information content (AvgIpc) is 2.57. The van der Waals surface area contributed by atoms with E-state index in [1.165, 1.54) is 25.7 Å². The molecular weight excluding hydrogens is 214 g/mol. The summed E-state index contributed by atoms with van der Waals surface area (Å²) in [5, 5.41) is 0. The van der Waals surface area contributed by atoms with Gasteiger partial charge in [-0.1, -0.05) is 12.8 Å². The highest BCUT2D eigenvalue weighted by Gasteiger charge is 2.15. The fourth-order valence-electron chi connectivity index (χ4n) is 2.33. The number of nitrogens with zero attached hydrogens (tertiary/aromatic N) is 2. The lowest BCUT2D eigenvalue weighted by atomic mass is 10.2. The Kier molecular flexibility index (Phi) is 2.63. The van der Waals surface area contributed by atoms with Crippen LogP contribution in [0.25, 0.3) is 11.1 Å². The summed E-state index contributed by atoms with van der Waals surface area (Å²) in [6.07, 6.45) is 5.06. The Hall–Kier alpha value is -1.71. The fourth-order valence-corrected chi connectivity index (χ4v) is 2.33. The lowest BCUT2D eigenvalue weighted by Crippen LogP contribution is -2.23. The Morgan fingerprint density at radius 3 is 2.65 bits per heavy atom. The number of oxazole rings is 1. The first-order valence-corrected chi connectivity index (χ1v) is 6.24. The van der Waals surface area contributed by atoms with Crippen LogP contribution in [-0.4, -0.2) is 18.1 Å². The number of rotatable bonds is 1. The van der Waals surface area contributed by atoms with Crippen LogP contribution in [0, 0.1) is 0 Å². The number of nitrogens with two attached hydrogens (primary N) is 1. The van der Waals surface area contributed by atoms with Gasteiger partial charge in [-0.05, 0) is 25.0 Å². The lowest BCUT2D eigenvalue weighted by molar-refractivity contribution is 0.568.